The zero-order chi connectivity index (χ0) is 15.4. The molecule has 108 valence electrons. The van der Waals surface area contributed by atoms with E-state index in [1.807, 2.05) is 13.0 Å². The number of anilines is 1. The number of nitrogens with two attached hydrogens (primary N) is 1. The molecule has 0 fully saturated rings. The van der Waals surface area contributed by atoms with Crippen molar-refractivity contribution < 1.29 is 9.72 Å². The molecule has 0 radical (unpaired) electrons. The van der Waals surface area contributed by atoms with Crippen molar-refractivity contribution in [3.63, 3.8) is 0 Å². The smallest absolute Gasteiger partial charge is 0.300 e. The van der Waals surface area contributed by atoms with E-state index in [0.29, 0.717) is 0 Å². The van der Waals surface area contributed by atoms with Crippen LogP contribution in [-0.2, 0) is 6.54 Å². The van der Waals surface area contributed by atoms with Crippen molar-refractivity contribution in [2.75, 3.05) is 5.73 Å². The zero-order valence-electron chi connectivity index (χ0n) is 11.2. The Hall–Kier alpha value is -3.03. The molecule has 0 saturated carbocycles. The average Bonchev–Trinajstić information content (AvgIpc) is 2.45. The van der Waals surface area contributed by atoms with Crippen molar-refractivity contribution in [2.45, 2.75) is 13.5 Å². The SMILES string of the molecule is Cc1ccncc1CNC(=O)c1cc(N)ncc1[N+](=O)[O-]. The average molecular weight is 287 g/mol. The van der Waals surface area contributed by atoms with Crippen LogP contribution in [0.5, 0.6) is 0 Å². The number of nitro groups is 1. The maximum atomic E-state index is 12.1. The maximum absolute atomic E-state index is 12.1. The Bertz CT molecular complexity index is 702. The van der Waals surface area contributed by atoms with Crippen molar-refractivity contribution in [3.05, 3.63) is 57.5 Å². The monoisotopic (exact) mass is 287 g/mol. The van der Waals surface area contributed by atoms with Crippen LogP contribution in [0.3, 0.4) is 0 Å². The van der Waals surface area contributed by atoms with Gasteiger partial charge < -0.3 is 11.1 Å². The van der Waals surface area contributed by atoms with Crippen LogP contribution < -0.4 is 11.1 Å². The van der Waals surface area contributed by atoms with Gasteiger partial charge in [0.15, 0.2) is 0 Å². The van der Waals surface area contributed by atoms with Crippen LogP contribution in [0.2, 0.25) is 0 Å². The molecule has 1 amide bonds. The molecule has 0 saturated heterocycles. The van der Waals surface area contributed by atoms with E-state index in [0.717, 1.165) is 17.3 Å². The van der Waals surface area contributed by atoms with Crippen molar-refractivity contribution in [1.82, 2.24) is 15.3 Å². The fourth-order valence-corrected chi connectivity index (χ4v) is 1.74. The summed E-state index contributed by atoms with van der Waals surface area (Å²) in [6.07, 6.45) is 4.25. The number of hydrogen-bond donors (Lipinski definition) is 2. The Morgan fingerprint density at radius 3 is 2.90 bits per heavy atom. The summed E-state index contributed by atoms with van der Waals surface area (Å²) in [4.78, 5) is 29.9. The number of nitrogens with zero attached hydrogens (tertiary/aromatic N) is 3. The molecule has 0 atom stereocenters. The van der Waals surface area contributed by atoms with Gasteiger partial charge in [0.05, 0.1) is 4.92 Å². The van der Waals surface area contributed by atoms with E-state index in [9.17, 15) is 14.9 Å². The number of nitrogens with one attached hydrogen (secondary N) is 1. The summed E-state index contributed by atoms with van der Waals surface area (Å²) < 4.78 is 0. The molecular weight excluding hydrogens is 274 g/mol. The van der Waals surface area contributed by atoms with Crippen molar-refractivity contribution in [2.24, 2.45) is 0 Å². The highest BCUT2D eigenvalue weighted by molar-refractivity contribution is 5.98. The number of rotatable bonds is 4. The van der Waals surface area contributed by atoms with Crippen LogP contribution in [0.1, 0.15) is 21.5 Å². The fourth-order valence-electron chi connectivity index (χ4n) is 1.74. The molecule has 0 unspecified atom stereocenters. The number of hydrogen-bond acceptors (Lipinski definition) is 6. The lowest BCUT2D eigenvalue weighted by Gasteiger charge is -2.08. The van der Waals surface area contributed by atoms with Gasteiger partial charge in [-0.25, -0.2) is 4.98 Å². The van der Waals surface area contributed by atoms with Gasteiger partial charge in [0, 0.05) is 18.9 Å². The first-order valence-corrected chi connectivity index (χ1v) is 6.06. The predicted molar refractivity (Wildman–Crippen MR) is 75.4 cm³/mol. The molecule has 3 N–H and O–H groups in total. The molecule has 2 aromatic heterocycles. The summed E-state index contributed by atoms with van der Waals surface area (Å²) in [5, 5.41) is 13.5. The Morgan fingerprint density at radius 2 is 2.24 bits per heavy atom. The Morgan fingerprint density at radius 1 is 1.48 bits per heavy atom. The minimum Gasteiger partial charge on any atom is -0.384 e. The van der Waals surface area contributed by atoms with Gasteiger partial charge in [-0.1, -0.05) is 0 Å². The number of aromatic nitrogens is 2. The standard InChI is InChI=1S/C13H13N5O3/c1-8-2-3-15-5-9(8)6-17-13(19)10-4-12(14)16-7-11(10)18(20)21/h2-5,7H,6H2,1H3,(H2,14,16)(H,17,19). The molecule has 0 aromatic carbocycles. The second-order valence-corrected chi connectivity index (χ2v) is 4.37. The summed E-state index contributed by atoms with van der Waals surface area (Å²) in [6, 6.07) is 3.00. The zero-order valence-corrected chi connectivity index (χ0v) is 11.2. The summed E-state index contributed by atoms with van der Waals surface area (Å²) >= 11 is 0. The van der Waals surface area contributed by atoms with Crippen LogP contribution in [0.25, 0.3) is 0 Å². The number of pyridine rings is 2. The van der Waals surface area contributed by atoms with Crippen LogP contribution in [0.4, 0.5) is 11.5 Å². The quantitative estimate of drug-likeness (QED) is 0.643. The molecule has 2 heterocycles. The van der Waals surface area contributed by atoms with Crippen molar-refractivity contribution in [3.8, 4) is 0 Å². The molecular formula is C13H13N5O3. The number of carbonyl (C=O) groups excluding carboxylic acids is 1. The first kappa shape index (κ1) is 14.4. The van der Waals surface area contributed by atoms with E-state index in [1.165, 1.54) is 6.07 Å². The third-order valence-electron chi connectivity index (χ3n) is 2.93. The summed E-state index contributed by atoms with van der Waals surface area (Å²) in [7, 11) is 0. The second kappa shape index (κ2) is 5.95. The molecule has 8 heteroatoms. The fraction of sp³-hybridized carbons (Fsp3) is 0.154. The van der Waals surface area contributed by atoms with Gasteiger partial charge in [-0.3, -0.25) is 19.9 Å². The van der Waals surface area contributed by atoms with Gasteiger partial charge in [-0.05, 0) is 30.2 Å². The number of aryl methyl sites for hydroxylation is 1. The minimum absolute atomic E-state index is 0.0447. The van der Waals surface area contributed by atoms with E-state index >= 15 is 0 Å². The third-order valence-corrected chi connectivity index (χ3v) is 2.93. The molecule has 0 aliphatic rings. The second-order valence-electron chi connectivity index (χ2n) is 4.37. The van der Waals surface area contributed by atoms with Gasteiger partial charge in [-0.15, -0.1) is 0 Å². The Balaban J connectivity index is 2.19. The van der Waals surface area contributed by atoms with Crippen LogP contribution in [0, 0.1) is 17.0 Å². The highest BCUT2D eigenvalue weighted by Gasteiger charge is 2.21. The summed E-state index contributed by atoms with van der Waals surface area (Å²) in [6.45, 7) is 2.11. The molecule has 0 aliphatic carbocycles. The highest BCUT2D eigenvalue weighted by Crippen LogP contribution is 2.19. The molecule has 21 heavy (non-hydrogen) atoms. The van der Waals surface area contributed by atoms with Gasteiger partial charge >= 0.3 is 0 Å². The van der Waals surface area contributed by atoms with Crippen molar-refractivity contribution >= 4 is 17.4 Å². The first-order valence-electron chi connectivity index (χ1n) is 6.06. The normalized spacial score (nSPS) is 10.1. The lowest BCUT2D eigenvalue weighted by molar-refractivity contribution is -0.385. The van der Waals surface area contributed by atoms with Crippen molar-refractivity contribution in [1.29, 1.82) is 0 Å². The first-order chi connectivity index (χ1) is 9.99. The molecule has 0 bridgehead atoms. The van der Waals surface area contributed by atoms with Crippen LogP contribution >= 0.6 is 0 Å². The van der Waals surface area contributed by atoms with Gasteiger partial charge in [0.2, 0.25) is 0 Å². The molecule has 0 spiro atoms. The van der Waals surface area contributed by atoms with Crippen LogP contribution in [-0.4, -0.2) is 20.8 Å². The molecule has 2 rings (SSSR count). The van der Waals surface area contributed by atoms with Gasteiger partial charge in [0.25, 0.3) is 11.6 Å². The highest BCUT2D eigenvalue weighted by atomic mass is 16.6. The summed E-state index contributed by atoms with van der Waals surface area (Å²) in [5.74, 6) is -0.539. The Labute approximate surface area is 120 Å². The number of carbonyl (C=O) groups is 1. The largest absolute Gasteiger partial charge is 0.384 e. The van der Waals surface area contributed by atoms with E-state index in [2.05, 4.69) is 15.3 Å². The number of nitrogen functional groups attached to an aromatic ring is 1. The van der Waals surface area contributed by atoms with E-state index in [-0.39, 0.29) is 23.6 Å². The molecule has 0 aliphatic heterocycles. The van der Waals surface area contributed by atoms with Gasteiger partial charge in [0.1, 0.15) is 17.6 Å². The van der Waals surface area contributed by atoms with E-state index in [1.54, 1.807) is 12.4 Å². The van der Waals surface area contributed by atoms with E-state index in [4.69, 9.17) is 5.73 Å². The van der Waals surface area contributed by atoms with E-state index < -0.39 is 10.8 Å². The number of amides is 1. The maximum Gasteiger partial charge on any atom is 0.300 e. The lowest BCUT2D eigenvalue weighted by atomic mass is 10.1. The summed E-state index contributed by atoms with van der Waals surface area (Å²) in [5.41, 5.74) is 6.77. The molecule has 2 aromatic rings. The Kier molecular flexibility index (Phi) is 4.07. The van der Waals surface area contributed by atoms with Crippen LogP contribution in [0.15, 0.2) is 30.7 Å². The third kappa shape index (κ3) is 3.30. The molecule has 8 nitrogen and oxygen atoms in total. The minimum atomic E-state index is -0.670. The lowest BCUT2D eigenvalue weighted by Crippen LogP contribution is -2.24. The predicted octanol–water partition coefficient (Wildman–Crippen LogP) is 1.21. The topological polar surface area (TPSA) is 124 Å². The van der Waals surface area contributed by atoms with Gasteiger partial charge in [-0.2, -0.15) is 0 Å².